The molecule has 2 aromatic carbocycles. The van der Waals surface area contributed by atoms with Crippen LogP contribution in [0.1, 0.15) is 11.1 Å². The first-order valence-electron chi connectivity index (χ1n) is 7.21. The number of rotatable bonds is 6. The second-order valence-corrected chi connectivity index (χ2v) is 7.18. The smallest absolute Gasteiger partial charge is 0.321 e. The van der Waals surface area contributed by atoms with Crippen molar-refractivity contribution in [2.45, 2.75) is 18.4 Å². The van der Waals surface area contributed by atoms with Crippen molar-refractivity contribution < 1.29 is 22.3 Å². The fourth-order valence-corrected chi connectivity index (χ4v) is 3.69. The second kappa shape index (κ2) is 7.55. The normalized spacial score (nSPS) is 11.5. The van der Waals surface area contributed by atoms with Crippen LogP contribution in [-0.4, -0.2) is 32.3 Å². The van der Waals surface area contributed by atoms with E-state index in [1.807, 2.05) is 0 Å². The summed E-state index contributed by atoms with van der Waals surface area (Å²) >= 11 is 0. The van der Waals surface area contributed by atoms with Crippen LogP contribution in [0, 0.1) is 12.7 Å². The summed E-state index contributed by atoms with van der Waals surface area (Å²) in [6, 6.07) is 12.6. The average molecular weight is 351 g/mol. The molecule has 2 rings (SSSR count). The number of nitrogens with zero attached hydrogens (tertiary/aromatic N) is 1. The maximum absolute atomic E-state index is 14.1. The fraction of sp³-hybridized carbons (Fsp3) is 0.235. The van der Waals surface area contributed by atoms with E-state index in [0.29, 0.717) is 11.1 Å². The van der Waals surface area contributed by atoms with Crippen LogP contribution in [0.25, 0.3) is 0 Å². The minimum atomic E-state index is -4.20. The van der Waals surface area contributed by atoms with E-state index in [2.05, 4.69) is 4.74 Å². The van der Waals surface area contributed by atoms with Gasteiger partial charge >= 0.3 is 5.97 Å². The molecule has 0 aliphatic carbocycles. The first kappa shape index (κ1) is 18.1. The van der Waals surface area contributed by atoms with Gasteiger partial charge in [0.05, 0.1) is 7.11 Å². The van der Waals surface area contributed by atoms with Gasteiger partial charge in [0.25, 0.3) is 0 Å². The minimum absolute atomic E-state index is 0.0638. The Morgan fingerprint density at radius 1 is 1.17 bits per heavy atom. The molecule has 0 aromatic heterocycles. The lowest BCUT2D eigenvalue weighted by Gasteiger charge is -2.21. The lowest BCUT2D eigenvalue weighted by atomic mass is 10.2. The van der Waals surface area contributed by atoms with Crippen molar-refractivity contribution in [1.29, 1.82) is 0 Å². The standard InChI is InChI=1S/C17H18FNO4S/c1-13-8-9-15(18)16(10-13)24(21,22)19(12-17(20)23-2)11-14-6-4-3-5-7-14/h3-10H,11-12H2,1-2H3. The first-order chi connectivity index (χ1) is 11.3. The molecular weight excluding hydrogens is 333 g/mol. The number of sulfonamides is 1. The van der Waals surface area contributed by atoms with Gasteiger partial charge in [0.2, 0.25) is 10.0 Å². The largest absolute Gasteiger partial charge is 0.468 e. The summed E-state index contributed by atoms with van der Waals surface area (Å²) in [5.74, 6) is -1.58. The van der Waals surface area contributed by atoms with E-state index in [0.717, 1.165) is 10.4 Å². The van der Waals surface area contributed by atoms with Gasteiger partial charge in [-0.05, 0) is 30.2 Å². The van der Waals surface area contributed by atoms with E-state index in [-0.39, 0.29) is 6.54 Å². The number of aryl methyl sites for hydroxylation is 1. The number of hydrogen-bond donors (Lipinski definition) is 0. The van der Waals surface area contributed by atoms with Crippen LogP contribution in [0.4, 0.5) is 4.39 Å². The van der Waals surface area contributed by atoms with Gasteiger partial charge in [-0.15, -0.1) is 0 Å². The molecule has 0 spiro atoms. The van der Waals surface area contributed by atoms with E-state index in [1.165, 1.54) is 19.2 Å². The predicted molar refractivity (Wildman–Crippen MR) is 87.2 cm³/mol. The molecule has 0 fully saturated rings. The molecule has 0 bridgehead atoms. The SMILES string of the molecule is COC(=O)CN(Cc1ccccc1)S(=O)(=O)c1cc(C)ccc1F. The van der Waals surface area contributed by atoms with Crippen LogP contribution < -0.4 is 0 Å². The Hall–Kier alpha value is -2.25. The van der Waals surface area contributed by atoms with Crippen LogP contribution in [0.2, 0.25) is 0 Å². The van der Waals surface area contributed by atoms with Crippen LogP contribution >= 0.6 is 0 Å². The number of carbonyl (C=O) groups excluding carboxylic acids is 1. The van der Waals surface area contributed by atoms with Gasteiger partial charge in [0, 0.05) is 6.54 Å². The van der Waals surface area contributed by atoms with Gasteiger partial charge in [-0.2, -0.15) is 4.31 Å². The third kappa shape index (κ3) is 4.18. The average Bonchev–Trinajstić information content (AvgIpc) is 2.57. The predicted octanol–water partition coefficient (Wildman–Crippen LogP) is 2.50. The van der Waals surface area contributed by atoms with Gasteiger partial charge in [0.15, 0.2) is 0 Å². The molecular formula is C17H18FNO4S. The fourth-order valence-electron chi connectivity index (χ4n) is 2.17. The summed E-state index contributed by atoms with van der Waals surface area (Å²) < 4.78 is 45.2. The molecule has 0 saturated heterocycles. The Balaban J connectivity index is 2.44. The number of ether oxygens (including phenoxy) is 1. The van der Waals surface area contributed by atoms with Gasteiger partial charge in [-0.3, -0.25) is 4.79 Å². The Kier molecular flexibility index (Phi) is 5.69. The highest BCUT2D eigenvalue weighted by molar-refractivity contribution is 7.89. The maximum atomic E-state index is 14.1. The summed E-state index contributed by atoms with van der Waals surface area (Å²) in [5, 5.41) is 0. The number of carbonyl (C=O) groups is 1. The molecule has 7 heteroatoms. The lowest BCUT2D eigenvalue weighted by molar-refractivity contribution is -0.140. The molecule has 0 aliphatic rings. The van der Waals surface area contributed by atoms with E-state index in [4.69, 9.17) is 0 Å². The molecule has 24 heavy (non-hydrogen) atoms. The van der Waals surface area contributed by atoms with Crippen LogP contribution in [0.5, 0.6) is 0 Å². The molecule has 0 N–H and O–H groups in total. The quantitative estimate of drug-likeness (QED) is 0.750. The number of methoxy groups -OCH3 is 1. The van der Waals surface area contributed by atoms with Gasteiger partial charge in [-0.1, -0.05) is 36.4 Å². The molecule has 0 amide bonds. The zero-order valence-corrected chi connectivity index (χ0v) is 14.2. The van der Waals surface area contributed by atoms with Crippen molar-refractivity contribution in [3.63, 3.8) is 0 Å². The Labute approximate surface area is 140 Å². The van der Waals surface area contributed by atoms with Crippen LogP contribution in [-0.2, 0) is 26.1 Å². The first-order valence-corrected chi connectivity index (χ1v) is 8.65. The van der Waals surface area contributed by atoms with Crippen molar-refractivity contribution in [2.75, 3.05) is 13.7 Å². The zero-order valence-electron chi connectivity index (χ0n) is 13.4. The third-order valence-electron chi connectivity index (χ3n) is 3.44. The Bertz CT molecular complexity index is 822. The van der Waals surface area contributed by atoms with Gasteiger partial charge in [-0.25, -0.2) is 12.8 Å². The summed E-state index contributed by atoms with van der Waals surface area (Å²) in [6.07, 6.45) is 0. The molecule has 2 aromatic rings. The third-order valence-corrected chi connectivity index (χ3v) is 5.25. The summed E-state index contributed by atoms with van der Waals surface area (Å²) in [6.45, 7) is 1.10. The maximum Gasteiger partial charge on any atom is 0.321 e. The molecule has 0 aliphatic heterocycles. The topological polar surface area (TPSA) is 63.7 Å². The van der Waals surface area contributed by atoms with Crippen LogP contribution in [0.3, 0.4) is 0 Å². The highest BCUT2D eigenvalue weighted by atomic mass is 32.2. The molecule has 0 heterocycles. The van der Waals surface area contributed by atoms with Crippen molar-refractivity contribution in [1.82, 2.24) is 4.31 Å². The number of hydrogen-bond acceptors (Lipinski definition) is 4. The number of halogens is 1. The highest BCUT2D eigenvalue weighted by Gasteiger charge is 2.29. The molecule has 5 nitrogen and oxygen atoms in total. The number of esters is 1. The second-order valence-electron chi connectivity index (χ2n) is 5.27. The minimum Gasteiger partial charge on any atom is -0.468 e. The monoisotopic (exact) mass is 351 g/mol. The summed E-state index contributed by atoms with van der Waals surface area (Å²) in [5.41, 5.74) is 1.28. The van der Waals surface area contributed by atoms with E-state index in [1.54, 1.807) is 37.3 Å². The Morgan fingerprint density at radius 2 is 1.83 bits per heavy atom. The molecule has 0 atom stereocenters. The van der Waals surface area contributed by atoms with E-state index in [9.17, 15) is 17.6 Å². The van der Waals surface area contributed by atoms with Crippen molar-refractivity contribution in [3.05, 3.63) is 65.5 Å². The number of benzene rings is 2. The molecule has 0 unspecified atom stereocenters. The Morgan fingerprint density at radius 3 is 2.46 bits per heavy atom. The molecule has 0 saturated carbocycles. The van der Waals surface area contributed by atoms with Gasteiger partial charge in [0.1, 0.15) is 17.3 Å². The van der Waals surface area contributed by atoms with Crippen molar-refractivity contribution >= 4 is 16.0 Å². The van der Waals surface area contributed by atoms with E-state index < -0.39 is 33.3 Å². The molecule has 0 radical (unpaired) electrons. The summed E-state index contributed by atoms with van der Waals surface area (Å²) in [4.78, 5) is 11.2. The highest BCUT2D eigenvalue weighted by Crippen LogP contribution is 2.22. The van der Waals surface area contributed by atoms with Crippen LogP contribution in [0.15, 0.2) is 53.4 Å². The van der Waals surface area contributed by atoms with Gasteiger partial charge < -0.3 is 4.74 Å². The summed E-state index contributed by atoms with van der Waals surface area (Å²) in [7, 11) is -3.03. The zero-order chi connectivity index (χ0) is 17.7. The van der Waals surface area contributed by atoms with Crippen molar-refractivity contribution in [2.24, 2.45) is 0 Å². The lowest BCUT2D eigenvalue weighted by Crippen LogP contribution is -2.36. The van der Waals surface area contributed by atoms with E-state index >= 15 is 0 Å². The molecule has 128 valence electrons. The van der Waals surface area contributed by atoms with Crippen molar-refractivity contribution in [3.8, 4) is 0 Å².